The topological polar surface area (TPSA) is 35.5 Å². The normalized spacial score (nSPS) is 10.1. The lowest BCUT2D eigenvalue weighted by atomic mass is 10.0. The summed E-state index contributed by atoms with van der Waals surface area (Å²) in [5.41, 5.74) is 3.78. The molecular weight excluding hydrogens is 240 g/mol. The maximum Gasteiger partial charge on any atom is 0.337 e. The van der Waals surface area contributed by atoms with Crippen molar-refractivity contribution in [3.05, 3.63) is 53.6 Å². The number of ether oxygens (including phenoxy) is 2. The highest BCUT2D eigenvalue weighted by molar-refractivity contribution is 5.90. The Bertz CT molecular complexity index is 585. The monoisotopic (exact) mass is 256 g/mol. The first-order valence-corrected chi connectivity index (χ1v) is 5.99. The third-order valence-electron chi connectivity index (χ3n) is 3.03. The van der Waals surface area contributed by atoms with E-state index in [4.69, 9.17) is 4.74 Å². The quantitative estimate of drug-likeness (QED) is 0.789. The van der Waals surface area contributed by atoms with Crippen molar-refractivity contribution in [2.75, 3.05) is 14.2 Å². The Balaban J connectivity index is 2.32. The third-order valence-corrected chi connectivity index (χ3v) is 3.03. The van der Waals surface area contributed by atoms with E-state index in [-0.39, 0.29) is 5.97 Å². The molecule has 0 unspecified atom stereocenters. The van der Waals surface area contributed by atoms with Gasteiger partial charge in [0.2, 0.25) is 0 Å². The number of hydrogen-bond acceptors (Lipinski definition) is 3. The standard InChI is InChI=1S/C16H16O3/c1-11-10-14(8-9-15(11)18-2)12-4-6-13(7-5-12)16(17)19-3/h4-10H,1-3H3. The zero-order valence-corrected chi connectivity index (χ0v) is 11.3. The molecule has 2 aromatic carbocycles. The molecule has 0 saturated carbocycles. The van der Waals surface area contributed by atoms with E-state index in [1.807, 2.05) is 31.2 Å². The van der Waals surface area contributed by atoms with E-state index >= 15 is 0 Å². The van der Waals surface area contributed by atoms with Crippen molar-refractivity contribution in [3.63, 3.8) is 0 Å². The molecule has 0 N–H and O–H groups in total. The first kappa shape index (κ1) is 13.1. The zero-order chi connectivity index (χ0) is 13.8. The van der Waals surface area contributed by atoms with Gasteiger partial charge in [-0.2, -0.15) is 0 Å². The van der Waals surface area contributed by atoms with Crippen LogP contribution in [0.15, 0.2) is 42.5 Å². The van der Waals surface area contributed by atoms with Gasteiger partial charge in [-0.3, -0.25) is 0 Å². The molecule has 0 aliphatic rings. The molecule has 2 rings (SSSR count). The van der Waals surface area contributed by atoms with E-state index in [9.17, 15) is 4.79 Å². The summed E-state index contributed by atoms with van der Waals surface area (Å²) in [6.07, 6.45) is 0. The van der Waals surface area contributed by atoms with E-state index in [2.05, 4.69) is 10.8 Å². The van der Waals surface area contributed by atoms with Crippen molar-refractivity contribution < 1.29 is 14.3 Å². The Labute approximate surface area is 112 Å². The maximum atomic E-state index is 11.4. The maximum absolute atomic E-state index is 11.4. The lowest BCUT2D eigenvalue weighted by molar-refractivity contribution is 0.0601. The molecule has 2 aromatic rings. The molecule has 0 aliphatic heterocycles. The fraction of sp³-hybridized carbons (Fsp3) is 0.188. The fourth-order valence-electron chi connectivity index (χ4n) is 1.97. The van der Waals surface area contributed by atoms with Crippen molar-refractivity contribution >= 4 is 5.97 Å². The molecule has 0 amide bonds. The van der Waals surface area contributed by atoms with Gasteiger partial charge in [-0.05, 0) is 47.9 Å². The van der Waals surface area contributed by atoms with E-state index in [0.29, 0.717) is 5.56 Å². The molecule has 0 fully saturated rings. The van der Waals surface area contributed by atoms with E-state index in [0.717, 1.165) is 22.4 Å². The first-order chi connectivity index (χ1) is 9.15. The highest BCUT2D eigenvalue weighted by atomic mass is 16.5. The molecule has 0 heterocycles. The van der Waals surface area contributed by atoms with E-state index in [1.165, 1.54) is 7.11 Å². The number of rotatable bonds is 3. The van der Waals surface area contributed by atoms with E-state index < -0.39 is 0 Å². The molecule has 3 heteroatoms. The molecule has 0 aromatic heterocycles. The molecule has 0 bridgehead atoms. The number of methoxy groups -OCH3 is 2. The minimum absolute atomic E-state index is 0.322. The summed E-state index contributed by atoms with van der Waals surface area (Å²) in [6.45, 7) is 2.01. The van der Waals surface area contributed by atoms with Crippen molar-refractivity contribution in [1.82, 2.24) is 0 Å². The van der Waals surface area contributed by atoms with Gasteiger partial charge in [0, 0.05) is 0 Å². The molecule has 0 atom stereocenters. The Hall–Kier alpha value is -2.29. The summed E-state index contributed by atoms with van der Waals surface area (Å²) < 4.78 is 9.92. The average molecular weight is 256 g/mol. The van der Waals surface area contributed by atoms with E-state index in [1.54, 1.807) is 19.2 Å². The smallest absolute Gasteiger partial charge is 0.337 e. The van der Waals surface area contributed by atoms with Crippen molar-refractivity contribution in [2.24, 2.45) is 0 Å². The second-order valence-corrected chi connectivity index (χ2v) is 4.25. The van der Waals surface area contributed by atoms with Gasteiger partial charge in [-0.15, -0.1) is 0 Å². The van der Waals surface area contributed by atoms with Crippen LogP contribution in [0, 0.1) is 6.92 Å². The van der Waals surface area contributed by atoms with Gasteiger partial charge in [0.05, 0.1) is 19.8 Å². The Morgan fingerprint density at radius 1 is 0.947 bits per heavy atom. The number of hydrogen-bond donors (Lipinski definition) is 0. The van der Waals surface area contributed by atoms with Crippen molar-refractivity contribution in [2.45, 2.75) is 6.92 Å². The van der Waals surface area contributed by atoms with Gasteiger partial charge in [-0.25, -0.2) is 4.79 Å². The summed E-state index contributed by atoms with van der Waals surface area (Å²) in [7, 11) is 3.04. The Kier molecular flexibility index (Phi) is 3.85. The molecule has 0 spiro atoms. The summed E-state index contributed by atoms with van der Waals surface area (Å²) in [6, 6.07) is 13.4. The predicted octanol–water partition coefficient (Wildman–Crippen LogP) is 3.46. The molecule has 3 nitrogen and oxygen atoms in total. The summed E-state index contributed by atoms with van der Waals surface area (Å²) >= 11 is 0. The second kappa shape index (κ2) is 5.57. The third kappa shape index (κ3) is 2.76. The van der Waals surface area contributed by atoms with Crippen LogP contribution in [0.5, 0.6) is 5.75 Å². The van der Waals surface area contributed by atoms with Gasteiger partial charge in [0.1, 0.15) is 5.75 Å². The highest BCUT2D eigenvalue weighted by Crippen LogP contribution is 2.26. The van der Waals surface area contributed by atoms with Crippen LogP contribution < -0.4 is 4.74 Å². The fourth-order valence-corrected chi connectivity index (χ4v) is 1.97. The van der Waals surface area contributed by atoms with Crippen LogP contribution in [0.1, 0.15) is 15.9 Å². The number of carbonyl (C=O) groups is 1. The molecule has 0 aliphatic carbocycles. The number of benzene rings is 2. The van der Waals surface area contributed by atoms with Gasteiger partial charge in [0.15, 0.2) is 0 Å². The summed E-state index contributed by atoms with van der Waals surface area (Å²) in [4.78, 5) is 11.4. The van der Waals surface area contributed by atoms with Gasteiger partial charge < -0.3 is 9.47 Å². The van der Waals surface area contributed by atoms with Gasteiger partial charge >= 0.3 is 5.97 Å². The minimum Gasteiger partial charge on any atom is -0.496 e. The van der Waals surface area contributed by atoms with Crippen LogP contribution in [-0.2, 0) is 4.74 Å². The second-order valence-electron chi connectivity index (χ2n) is 4.25. The Morgan fingerprint density at radius 3 is 2.11 bits per heavy atom. The molecule has 0 radical (unpaired) electrons. The van der Waals surface area contributed by atoms with Crippen molar-refractivity contribution in [1.29, 1.82) is 0 Å². The SMILES string of the molecule is COC(=O)c1ccc(-c2ccc(OC)c(C)c2)cc1. The number of esters is 1. The molecule has 98 valence electrons. The minimum atomic E-state index is -0.322. The van der Waals surface area contributed by atoms with Gasteiger partial charge in [-0.1, -0.05) is 18.2 Å². The highest BCUT2D eigenvalue weighted by Gasteiger charge is 2.06. The summed E-state index contributed by atoms with van der Waals surface area (Å²) in [5, 5.41) is 0. The number of carbonyl (C=O) groups excluding carboxylic acids is 1. The Morgan fingerprint density at radius 2 is 1.58 bits per heavy atom. The predicted molar refractivity (Wildman–Crippen MR) is 74.5 cm³/mol. The number of aryl methyl sites for hydroxylation is 1. The van der Waals surface area contributed by atoms with Crippen LogP contribution in [0.4, 0.5) is 0 Å². The lowest BCUT2D eigenvalue weighted by Gasteiger charge is -2.08. The zero-order valence-electron chi connectivity index (χ0n) is 11.3. The average Bonchev–Trinajstić information content (AvgIpc) is 2.46. The van der Waals surface area contributed by atoms with Crippen molar-refractivity contribution in [3.8, 4) is 16.9 Å². The molecular formula is C16H16O3. The van der Waals surface area contributed by atoms with Crippen LogP contribution in [0.25, 0.3) is 11.1 Å². The molecule has 19 heavy (non-hydrogen) atoms. The first-order valence-electron chi connectivity index (χ1n) is 5.99. The summed E-state index contributed by atoms with van der Waals surface area (Å²) in [5.74, 6) is 0.549. The molecule has 0 saturated heterocycles. The van der Waals surface area contributed by atoms with Crippen LogP contribution >= 0.6 is 0 Å². The van der Waals surface area contributed by atoms with Crippen LogP contribution in [0.2, 0.25) is 0 Å². The van der Waals surface area contributed by atoms with Crippen LogP contribution in [-0.4, -0.2) is 20.2 Å². The lowest BCUT2D eigenvalue weighted by Crippen LogP contribution is -2.00. The van der Waals surface area contributed by atoms with Crippen LogP contribution in [0.3, 0.4) is 0 Å². The van der Waals surface area contributed by atoms with Gasteiger partial charge in [0.25, 0.3) is 0 Å². The largest absolute Gasteiger partial charge is 0.496 e.